The van der Waals surface area contributed by atoms with Crippen molar-refractivity contribution in [3.63, 3.8) is 0 Å². The van der Waals surface area contributed by atoms with Gasteiger partial charge in [-0.2, -0.15) is 4.37 Å². The first-order valence-corrected chi connectivity index (χ1v) is 7.39. The Bertz CT molecular complexity index is 851. The van der Waals surface area contributed by atoms with Crippen LogP contribution >= 0.6 is 11.5 Å². The van der Waals surface area contributed by atoms with Crippen LogP contribution in [-0.4, -0.2) is 16.7 Å². The Kier molecular flexibility index (Phi) is 2.41. The lowest BCUT2D eigenvalue weighted by atomic mass is 9.87. The molecule has 20 heavy (non-hydrogen) atoms. The Hall–Kier alpha value is -2.20. The molecule has 0 amide bonds. The van der Waals surface area contributed by atoms with E-state index in [9.17, 15) is 4.79 Å². The number of hydrogen-bond donors (Lipinski definition) is 1. The van der Waals surface area contributed by atoms with Gasteiger partial charge in [-0.25, -0.2) is 0 Å². The lowest BCUT2D eigenvalue weighted by molar-refractivity contribution is 0.104. The monoisotopic (exact) mass is 280 g/mol. The molecular formula is C16H12N2OS. The zero-order valence-corrected chi connectivity index (χ0v) is 11.8. The summed E-state index contributed by atoms with van der Waals surface area (Å²) in [5.74, 6) is 0.0985. The quantitative estimate of drug-likeness (QED) is 0.604. The van der Waals surface area contributed by atoms with Gasteiger partial charge in [-0.05, 0) is 30.6 Å². The highest BCUT2D eigenvalue weighted by molar-refractivity contribution is 7.14. The van der Waals surface area contributed by atoms with E-state index in [1.807, 2.05) is 36.4 Å². The van der Waals surface area contributed by atoms with E-state index in [1.165, 1.54) is 11.5 Å². The van der Waals surface area contributed by atoms with E-state index < -0.39 is 0 Å². The van der Waals surface area contributed by atoms with Gasteiger partial charge in [0.05, 0.1) is 16.1 Å². The van der Waals surface area contributed by atoms with E-state index in [1.54, 1.807) is 0 Å². The van der Waals surface area contributed by atoms with Crippen molar-refractivity contribution < 1.29 is 4.79 Å². The second kappa shape index (κ2) is 4.15. The maximum absolute atomic E-state index is 12.6. The number of carbonyl (C=O) groups is 1. The third-order valence-corrected chi connectivity index (χ3v) is 4.54. The van der Waals surface area contributed by atoms with Crippen LogP contribution in [0.25, 0.3) is 21.3 Å². The number of nitrogens with one attached hydrogen (secondary N) is 1. The molecule has 0 fully saturated rings. The summed E-state index contributed by atoms with van der Waals surface area (Å²) in [5, 5.41) is 4.33. The fourth-order valence-electron chi connectivity index (χ4n) is 2.78. The van der Waals surface area contributed by atoms with Crippen molar-refractivity contribution in [1.29, 1.82) is 0 Å². The Balaban J connectivity index is 2.12. The van der Waals surface area contributed by atoms with Crippen molar-refractivity contribution in [2.45, 2.75) is 6.92 Å². The van der Waals surface area contributed by atoms with E-state index >= 15 is 0 Å². The number of anilines is 1. The molecule has 0 aliphatic heterocycles. The van der Waals surface area contributed by atoms with Crippen LogP contribution in [0.2, 0.25) is 0 Å². The minimum Gasteiger partial charge on any atom is -0.384 e. The number of carbonyl (C=O) groups excluding carboxylic acids is 1. The average molecular weight is 280 g/mol. The molecule has 3 aromatic rings. The van der Waals surface area contributed by atoms with Crippen molar-refractivity contribution >= 4 is 33.1 Å². The molecule has 1 N–H and O–H groups in total. The summed E-state index contributed by atoms with van der Waals surface area (Å²) in [4.78, 5) is 12.6. The topological polar surface area (TPSA) is 42.0 Å². The summed E-state index contributed by atoms with van der Waals surface area (Å²) >= 11 is 1.46. The number of hydrogen-bond acceptors (Lipinski definition) is 4. The molecule has 2 aromatic carbocycles. The second-order valence-electron chi connectivity index (χ2n) is 4.80. The van der Waals surface area contributed by atoms with Crippen molar-refractivity contribution in [3.05, 3.63) is 47.5 Å². The van der Waals surface area contributed by atoms with Gasteiger partial charge < -0.3 is 5.32 Å². The third kappa shape index (κ3) is 1.40. The van der Waals surface area contributed by atoms with Crippen molar-refractivity contribution in [1.82, 2.24) is 4.37 Å². The van der Waals surface area contributed by atoms with Crippen molar-refractivity contribution in [2.24, 2.45) is 0 Å². The molecule has 0 unspecified atom stereocenters. The standard InChI is InChI=1S/C16H12N2OS/c1-2-17-12-8-7-11-13-14(18-20-16(12)13)9-5-3-4-6-10(9)15(11)19/h3-8,17H,2H2,1H3. The summed E-state index contributed by atoms with van der Waals surface area (Å²) in [6, 6.07) is 11.6. The van der Waals surface area contributed by atoms with Crippen LogP contribution in [0.4, 0.5) is 5.69 Å². The lowest BCUT2D eigenvalue weighted by Gasteiger charge is -2.15. The Morgan fingerprint density at radius 2 is 1.90 bits per heavy atom. The fourth-order valence-corrected chi connectivity index (χ4v) is 3.69. The van der Waals surface area contributed by atoms with Gasteiger partial charge in [0.25, 0.3) is 0 Å². The molecule has 0 spiro atoms. The maximum atomic E-state index is 12.6. The van der Waals surface area contributed by atoms with E-state index in [0.717, 1.165) is 44.7 Å². The first kappa shape index (κ1) is 11.6. The number of rotatable bonds is 2. The summed E-state index contributed by atoms with van der Waals surface area (Å²) < 4.78 is 5.67. The zero-order valence-electron chi connectivity index (χ0n) is 10.9. The van der Waals surface area contributed by atoms with Crippen LogP contribution in [0.15, 0.2) is 36.4 Å². The minimum atomic E-state index is 0.0985. The Morgan fingerprint density at radius 3 is 2.70 bits per heavy atom. The first-order chi connectivity index (χ1) is 9.81. The molecule has 1 aliphatic carbocycles. The van der Waals surface area contributed by atoms with Crippen molar-refractivity contribution in [3.8, 4) is 11.3 Å². The normalized spacial score (nSPS) is 12.6. The van der Waals surface area contributed by atoms with Gasteiger partial charge in [0.1, 0.15) is 0 Å². The molecule has 4 rings (SSSR count). The lowest BCUT2D eigenvalue weighted by Crippen LogP contribution is -2.09. The molecule has 1 aliphatic rings. The number of nitrogens with zero attached hydrogens (tertiary/aromatic N) is 1. The maximum Gasteiger partial charge on any atom is 0.194 e. The third-order valence-electron chi connectivity index (χ3n) is 3.66. The fraction of sp³-hybridized carbons (Fsp3) is 0.125. The van der Waals surface area contributed by atoms with Crippen LogP contribution in [-0.2, 0) is 0 Å². The molecule has 1 heterocycles. The van der Waals surface area contributed by atoms with Gasteiger partial charge in [0.2, 0.25) is 0 Å². The molecule has 0 bridgehead atoms. The van der Waals surface area contributed by atoms with Gasteiger partial charge in [-0.15, -0.1) is 0 Å². The summed E-state index contributed by atoms with van der Waals surface area (Å²) in [7, 11) is 0. The highest BCUT2D eigenvalue weighted by atomic mass is 32.1. The highest BCUT2D eigenvalue weighted by Crippen LogP contribution is 2.43. The summed E-state index contributed by atoms with van der Waals surface area (Å²) in [6.07, 6.45) is 0. The van der Waals surface area contributed by atoms with Crippen LogP contribution in [0.5, 0.6) is 0 Å². The molecule has 1 aromatic heterocycles. The van der Waals surface area contributed by atoms with Gasteiger partial charge in [0.15, 0.2) is 5.78 Å². The Labute approximate surface area is 120 Å². The summed E-state index contributed by atoms with van der Waals surface area (Å²) in [5.41, 5.74) is 4.47. The van der Waals surface area contributed by atoms with Crippen LogP contribution < -0.4 is 5.32 Å². The van der Waals surface area contributed by atoms with Gasteiger partial charge in [0, 0.05) is 28.6 Å². The molecule has 0 saturated heterocycles. The van der Waals surface area contributed by atoms with Crippen LogP contribution in [0, 0.1) is 0 Å². The van der Waals surface area contributed by atoms with E-state index in [2.05, 4.69) is 16.6 Å². The Morgan fingerprint density at radius 1 is 1.10 bits per heavy atom. The minimum absolute atomic E-state index is 0.0985. The number of ketones is 1. The predicted octanol–water partition coefficient (Wildman–Crippen LogP) is 3.94. The molecule has 0 atom stereocenters. The largest absolute Gasteiger partial charge is 0.384 e. The molecular weight excluding hydrogens is 268 g/mol. The van der Waals surface area contributed by atoms with Crippen molar-refractivity contribution in [2.75, 3.05) is 11.9 Å². The van der Waals surface area contributed by atoms with Crippen LogP contribution in [0.1, 0.15) is 22.8 Å². The zero-order chi connectivity index (χ0) is 13.7. The first-order valence-electron chi connectivity index (χ1n) is 6.61. The highest BCUT2D eigenvalue weighted by Gasteiger charge is 2.28. The molecule has 3 nitrogen and oxygen atoms in total. The molecule has 0 radical (unpaired) electrons. The second-order valence-corrected chi connectivity index (χ2v) is 5.57. The number of fused-ring (bicyclic) bond motifs is 2. The number of aromatic nitrogens is 1. The smallest absolute Gasteiger partial charge is 0.194 e. The molecule has 98 valence electrons. The van der Waals surface area contributed by atoms with Gasteiger partial charge >= 0.3 is 0 Å². The van der Waals surface area contributed by atoms with E-state index in [-0.39, 0.29) is 5.78 Å². The number of benzene rings is 2. The average Bonchev–Trinajstić information content (AvgIpc) is 2.92. The van der Waals surface area contributed by atoms with E-state index in [4.69, 9.17) is 0 Å². The van der Waals surface area contributed by atoms with Crippen LogP contribution in [0.3, 0.4) is 0 Å². The molecule has 0 saturated carbocycles. The molecule has 4 heteroatoms. The van der Waals surface area contributed by atoms with Gasteiger partial charge in [-0.3, -0.25) is 4.79 Å². The van der Waals surface area contributed by atoms with Gasteiger partial charge in [-0.1, -0.05) is 24.3 Å². The SMILES string of the molecule is CCNc1ccc2c3c(nsc13)-c1ccccc1C2=O. The van der Waals surface area contributed by atoms with E-state index in [0.29, 0.717) is 0 Å². The summed E-state index contributed by atoms with van der Waals surface area (Å²) in [6.45, 7) is 2.92. The predicted molar refractivity (Wildman–Crippen MR) is 82.7 cm³/mol.